The van der Waals surface area contributed by atoms with Gasteiger partial charge in [0, 0.05) is 34.7 Å². The third kappa shape index (κ3) is 9.54. The molecule has 6 atom stereocenters. The molecule has 0 aromatic rings. The standard InChI is InChI=1S/C16H36N2S2/c1-10(8-12(3)19)17-15(6)14(5)16(7)18-11(2)9-13(4)20/h10-20H,8-9H2,1-7H3. The zero-order chi connectivity index (χ0) is 15.9. The molecule has 0 rings (SSSR count). The van der Waals surface area contributed by atoms with Gasteiger partial charge in [0.05, 0.1) is 0 Å². The quantitative estimate of drug-likeness (QED) is 0.461. The van der Waals surface area contributed by atoms with Gasteiger partial charge in [-0.2, -0.15) is 25.3 Å². The number of rotatable bonds is 10. The Morgan fingerprint density at radius 3 is 1.20 bits per heavy atom. The largest absolute Gasteiger partial charge is 0.311 e. The molecule has 0 amide bonds. The van der Waals surface area contributed by atoms with Gasteiger partial charge in [-0.1, -0.05) is 20.8 Å². The Balaban J connectivity index is 4.17. The second-order valence-electron chi connectivity index (χ2n) is 6.74. The fourth-order valence-electron chi connectivity index (χ4n) is 2.79. The van der Waals surface area contributed by atoms with E-state index in [1.807, 2.05) is 0 Å². The van der Waals surface area contributed by atoms with Gasteiger partial charge in [-0.15, -0.1) is 0 Å². The SMILES string of the molecule is CC(S)CC(C)NC(C)C(C)C(C)NC(C)CC(C)S. The smallest absolute Gasteiger partial charge is 0.00815 e. The van der Waals surface area contributed by atoms with Crippen LogP contribution in [0.25, 0.3) is 0 Å². The van der Waals surface area contributed by atoms with E-state index in [-0.39, 0.29) is 0 Å². The lowest BCUT2D eigenvalue weighted by Crippen LogP contribution is -2.48. The number of hydrogen-bond acceptors (Lipinski definition) is 4. The van der Waals surface area contributed by atoms with Crippen LogP contribution in [-0.4, -0.2) is 34.7 Å². The molecule has 0 radical (unpaired) electrons. The maximum Gasteiger partial charge on any atom is 0.00815 e. The van der Waals surface area contributed by atoms with Crippen LogP contribution in [0.5, 0.6) is 0 Å². The van der Waals surface area contributed by atoms with Gasteiger partial charge < -0.3 is 10.6 Å². The Hall–Kier alpha value is 0.620. The van der Waals surface area contributed by atoms with E-state index in [1.54, 1.807) is 0 Å². The Labute approximate surface area is 138 Å². The summed E-state index contributed by atoms with van der Waals surface area (Å²) in [6.45, 7) is 15.7. The van der Waals surface area contributed by atoms with Crippen LogP contribution in [0.1, 0.15) is 61.3 Å². The van der Waals surface area contributed by atoms with Gasteiger partial charge in [-0.05, 0) is 46.5 Å². The summed E-state index contributed by atoms with van der Waals surface area (Å²) in [7, 11) is 0. The minimum absolute atomic E-state index is 0.451. The molecule has 2 N–H and O–H groups in total. The van der Waals surface area contributed by atoms with Crippen LogP contribution in [0.2, 0.25) is 0 Å². The molecule has 0 heterocycles. The highest BCUT2D eigenvalue weighted by Gasteiger charge is 2.22. The molecule has 0 aliphatic carbocycles. The van der Waals surface area contributed by atoms with Crippen molar-refractivity contribution in [3.63, 3.8) is 0 Å². The molecule has 122 valence electrons. The van der Waals surface area contributed by atoms with Gasteiger partial charge in [-0.25, -0.2) is 0 Å². The van der Waals surface area contributed by atoms with Crippen molar-refractivity contribution in [3.05, 3.63) is 0 Å². The average molecular weight is 321 g/mol. The number of nitrogens with one attached hydrogen (secondary N) is 2. The molecular weight excluding hydrogens is 284 g/mol. The molecule has 0 fully saturated rings. The van der Waals surface area contributed by atoms with Gasteiger partial charge in [-0.3, -0.25) is 0 Å². The minimum atomic E-state index is 0.451. The van der Waals surface area contributed by atoms with Crippen molar-refractivity contribution in [3.8, 4) is 0 Å². The third-order valence-corrected chi connectivity index (χ3v) is 4.48. The average Bonchev–Trinajstić information content (AvgIpc) is 2.24. The minimum Gasteiger partial charge on any atom is -0.311 e. The van der Waals surface area contributed by atoms with Crippen molar-refractivity contribution in [2.75, 3.05) is 0 Å². The van der Waals surface area contributed by atoms with Crippen LogP contribution >= 0.6 is 25.3 Å². The van der Waals surface area contributed by atoms with Crippen LogP contribution < -0.4 is 10.6 Å². The van der Waals surface area contributed by atoms with E-state index in [0.717, 1.165) is 12.8 Å². The molecule has 4 heteroatoms. The fraction of sp³-hybridized carbons (Fsp3) is 1.00. The van der Waals surface area contributed by atoms with Crippen molar-refractivity contribution in [2.24, 2.45) is 5.92 Å². The molecule has 0 saturated carbocycles. The molecule has 0 aliphatic heterocycles. The van der Waals surface area contributed by atoms with E-state index in [1.165, 1.54) is 0 Å². The zero-order valence-electron chi connectivity index (χ0n) is 14.4. The van der Waals surface area contributed by atoms with E-state index in [4.69, 9.17) is 0 Å². The Morgan fingerprint density at radius 2 is 0.950 bits per heavy atom. The topological polar surface area (TPSA) is 24.1 Å². The molecule has 0 aromatic heterocycles. The summed E-state index contributed by atoms with van der Waals surface area (Å²) in [5, 5.41) is 8.31. The second kappa shape index (κ2) is 10.4. The third-order valence-electron chi connectivity index (χ3n) is 4.06. The summed E-state index contributed by atoms with van der Waals surface area (Å²) in [4.78, 5) is 0. The normalized spacial score (nSPS) is 22.6. The molecule has 0 aliphatic rings. The van der Waals surface area contributed by atoms with Crippen LogP contribution in [0, 0.1) is 5.92 Å². The van der Waals surface area contributed by atoms with E-state index < -0.39 is 0 Å². The van der Waals surface area contributed by atoms with E-state index in [9.17, 15) is 0 Å². The van der Waals surface area contributed by atoms with Gasteiger partial charge in [0.25, 0.3) is 0 Å². The van der Waals surface area contributed by atoms with E-state index in [0.29, 0.717) is 40.6 Å². The Kier molecular flexibility index (Phi) is 10.7. The summed E-state index contributed by atoms with van der Waals surface area (Å²) in [6, 6.07) is 2.03. The van der Waals surface area contributed by atoms with Crippen molar-refractivity contribution in [1.82, 2.24) is 10.6 Å². The van der Waals surface area contributed by atoms with Gasteiger partial charge in [0.15, 0.2) is 0 Å². The maximum atomic E-state index is 4.47. The first kappa shape index (κ1) is 20.6. The lowest BCUT2D eigenvalue weighted by Gasteiger charge is -2.32. The predicted octanol–water partition coefficient (Wildman–Crippen LogP) is 3.77. The number of thiol groups is 2. The first-order valence-corrected chi connectivity index (χ1v) is 9.05. The fourth-order valence-corrected chi connectivity index (χ4v) is 3.43. The maximum absolute atomic E-state index is 4.47. The highest BCUT2D eigenvalue weighted by atomic mass is 32.1. The summed E-state index contributed by atoms with van der Waals surface area (Å²) < 4.78 is 0. The van der Waals surface area contributed by atoms with E-state index >= 15 is 0 Å². The molecule has 20 heavy (non-hydrogen) atoms. The zero-order valence-corrected chi connectivity index (χ0v) is 16.1. The molecule has 6 unspecified atom stereocenters. The Bertz CT molecular complexity index is 223. The van der Waals surface area contributed by atoms with Crippen molar-refractivity contribution in [2.45, 2.75) is 96.0 Å². The summed E-state index contributed by atoms with van der Waals surface area (Å²) in [5.74, 6) is 0.588. The lowest BCUT2D eigenvalue weighted by molar-refractivity contribution is 0.276. The van der Waals surface area contributed by atoms with Gasteiger partial charge in [0.1, 0.15) is 0 Å². The molecule has 2 nitrogen and oxygen atoms in total. The summed E-state index contributed by atoms with van der Waals surface area (Å²) in [6.07, 6.45) is 2.21. The number of hydrogen-bond donors (Lipinski definition) is 4. The van der Waals surface area contributed by atoms with Gasteiger partial charge in [0.2, 0.25) is 0 Å². The predicted molar refractivity (Wildman–Crippen MR) is 99.4 cm³/mol. The Morgan fingerprint density at radius 1 is 0.650 bits per heavy atom. The van der Waals surface area contributed by atoms with Crippen LogP contribution in [-0.2, 0) is 0 Å². The van der Waals surface area contributed by atoms with Crippen LogP contribution in [0.4, 0.5) is 0 Å². The first-order chi connectivity index (χ1) is 9.13. The lowest BCUT2D eigenvalue weighted by atomic mass is 9.94. The van der Waals surface area contributed by atoms with E-state index in [2.05, 4.69) is 84.4 Å². The summed E-state index contributed by atoms with van der Waals surface area (Å²) >= 11 is 8.94. The highest BCUT2D eigenvalue weighted by Crippen LogP contribution is 2.13. The second-order valence-corrected chi connectivity index (χ2v) is 8.50. The molecule has 0 aromatic carbocycles. The molecule has 0 saturated heterocycles. The summed E-state index contributed by atoms with van der Waals surface area (Å²) in [5.41, 5.74) is 0. The van der Waals surface area contributed by atoms with Crippen LogP contribution in [0.15, 0.2) is 0 Å². The van der Waals surface area contributed by atoms with Gasteiger partial charge >= 0.3 is 0 Å². The van der Waals surface area contributed by atoms with Crippen molar-refractivity contribution >= 4 is 25.3 Å². The monoisotopic (exact) mass is 320 g/mol. The van der Waals surface area contributed by atoms with Crippen LogP contribution in [0.3, 0.4) is 0 Å². The van der Waals surface area contributed by atoms with Crippen molar-refractivity contribution < 1.29 is 0 Å². The first-order valence-electron chi connectivity index (χ1n) is 8.01. The highest BCUT2D eigenvalue weighted by molar-refractivity contribution is 7.81. The van der Waals surface area contributed by atoms with Crippen molar-refractivity contribution in [1.29, 1.82) is 0 Å². The molecule has 0 bridgehead atoms. The molecular formula is C16H36N2S2. The molecule has 0 spiro atoms.